The molecule has 2 aliphatic rings. The molecule has 0 spiro atoms. The van der Waals surface area contributed by atoms with Crippen LogP contribution in [0.1, 0.15) is 37.5 Å². The highest BCUT2D eigenvalue weighted by Crippen LogP contribution is 2.41. The Labute approximate surface area is 95.2 Å². The van der Waals surface area contributed by atoms with E-state index in [-0.39, 0.29) is 0 Å². The van der Waals surface area contributed by atoms with Crippen LogP contribution in [0.15, 0.2) is 0 Å². The quantitative estimate of drug-likeness (QED) is 0.821. The van der Waals surface area contributed by atoms with Gasteiger partial charge in [0.25, 0.3) is 0 Å². The van der Waals surface area contributed by atoms with Gasteiger partial charge in [-0.2, -0.15) is 0 Å². The number of aromatic nitrogens is 3. The molecule has 1 saturated carbocycles. The number of fused-ring (bicyclic) bond motifs is 1. The van der Waals surface area contributed by atoms with Crippen molar-refractivity contribution in [3.63, 3.8) is 0 Å². The fraction of sp³-hybridized carbons (Fsp3) is 0.818. The van der Waals surface area contributed by atoms with Crippen LogP contribution in [0.5, 0.6) is 0 Å². The van der Waals surface area contributed by atoms with Crippen molar-refractivity contribution in [2.45, 2.75) is 39.0 Å². The zero-order valence-corrected chi connectivity index (χ0v) is 9.65. The SMILES string of the molecule is CCOCc1nnc2n1CCNC2C1CC1. The first-order valence-corrected chi connectivity index (χ1v) is 6.13. The lowest BCUT2D eigenvalue weighted by molar-refractivity contribution is 0.124. The van der Waals surface area contributed by atoms with Gasteiger partial charge in [-0.15, -0.1) is 10.2 Å². The van der Waals surface area contributed by atoms with Crippen LogP contribution in [-0.4, -0.2) is 27.9 Å². The van der Waals surface area contributed by atoms with E-state index in [1.807, 2.05) is 6.92 Å². The second-order valence-electron chi connectivity index (χ2n) is 4.53. The van der Waals surface area contributed by atoms with Crippen molar-refractivity contribution >= 4 is 0 Å². The summed E-state index contributed by atoms with van der Waals surface area (Å²) in [6.07, 6.45) is 2.65. The molecule has 1 aromatic rings. The van der Waals surface area contributed by atoms with E-state index in [4.69, 9.17) is 4.74 Å². The molecule has 0 radical (unpaired) electrons. The normalized spacial score (nSPS) is 24.4. The van der Waals surface area contributed by atoms with E-state index in [0.29, 0.717) is 12.6 Å². The second kappa shape index (κ2) is 4.14. The molecule has 1 aliphatic carbocycles. The van der Waals surface area contributed by atoms with Gasteiger partial charge < -0.3 is 14.6 Å². The lowest BCUT2D eigenvalue weighted by Crippen LogP contribution is -2.35. The molecule has 0 bridgehead atoms. The lowest BCUT2D eigenvalue weighted by Gasteiger charge is -2.24. The maximum absolute atomic E-state index is 5.41. The number of ether oxygens (including phenoxy) is 1. The topological polar surface area (TPSA) is 52.0 Å². The molecule has 1 fully saturated rings. The summed E-state index contributed by atoms with van der Waals surface area (Å²) in [5, 5.41) is 12.1. The fourth-order valence-electron chi connectivity index (χ4n) is 2.35. The van der Waals surface area contributed by atoms with Crippen molar-refractivity contribution in [2.75, 3.05) is 13.2 Å². The summed E-state index contributed by atoms with van der Waals surface area (Å²) in [4.78, 5) is 0. The average molecular weight is 222 g/mol. The number of hydrogen-bond donors (Lipinski definition) is 1. The zero-order valence-electron chi connectivity index (χ0n) is 9.65. The first-order valence-electron chi connectivity index (χ1n) is 6.13. The van der Waals surface area contributed by atoms with Crippen molar-refractivity contribution in [2.24, 2.45) is 5.92 Å². The van der Waals surface area contributed by atoms with Gasteiger partial charge in [-0.05, 0) is 25.7 Å². The standard InChI is InChI=1S/C11H18N4O/c1-2-16-7-9-13-14-11-10(8-3-4-8)12-5-6-15(9)11/h8,10,12H,2-7H2,1H3. The lowest BCUT2D eigenvalue weighted by atomic mass is 10.1. The van der Waals surface area contributed by atoms with Crippen LogP contribution in [0.25, 0.3) is 0 Å². The van der Waals surface area contributed by atoms with E-state index >= 15 is 0 Å². The van der Waals surface area contributed by atoms with E-state index < -0.39 is 0 Å². The minimum Gasteiger partial charge on any atom is -0.374 e. The van der Waals surface area contributed by atoms with Gasteiger partial charge in [-0.1, -0.05) is 0 Å². The largest absolute Gasteiger partial charge is 0.374 e. The molecule has 5 nitrogen and oxygen atoms in total. The van der Waals surface area contributed by atoms with Gasteiger partial charge in [-0.25, -0.2) is 0 Å². The molecule has 16 heavy (non-hydrogen) atoms. The van der Waals surface area contributed by atoms with Crippen molar-refractivity contribution in [1.82, 2.24) is 20.1 Å². The number of rotatable bonds is 4. The van der Waals surface area contributed by atoms with Crippen LogP contribution in [0.2, 0.25) is 0 Å². The van der Waals surface area contributed by atoms with Gasteiger partial charge in [0, 0.05) is 19.7 Å². The molecule has 1 N–H and O–H groups in total. The van der Waals surface area contributed by atoms with E-state index in [9.17, 15) is 0 Å². The first kappa shape index (κ1) is 10.2. The van der Waals surface area contributed by atoms with Crippen molar-refractivity contribution in [1.29, 1.82) is 0 Å². The minimum atomic E-state index is 0.427. The van der Waals surface area contributed by atoms with Crippen LogP contribution in [0, 0.1) is 5.92 Å². The predicted molar refractivity (Wildman–Crippen MR) is 58.8 cm³/mol. The van der Waals surface area contributed by atoms with Crippen LogP contribution < -0.4 is 5.32 Å². The molecule has 1 aliphatic heterocycles. The van der Waals surface area contributed by atoms with Gasteiger partial charge >= 0.3 is 0 Å². The third kappa shape index (κ3) is 1.74. The molecular formula is C11H18N4O. The molecule has 2 heterocycles. The van der Waals surface area contributed by atoms with Gasteiger partial charge in [0.2, 0.25) is 0 Å². The highest BCUT2D eigenvalue weighted by molar-refractivity contribution is 5.08. The first-order chi connectivity index (χ1) is 7.90. The highest BCUT2D eigenvalue weighted by atomic mass is 16.5. The van der Waals surface area contributed by atoms with Gasteiger partial charge in [0.05, 0.1) is 6.04 Å². The Morgan fingerprint density at radius 3 is 3.06 bits per heavy atom. The van der Waals surface area contributed by atoms with Crippen LogP contribution >= 0.6 is 0 Å². The molecule has 3 rings (SSSR count). The van der Waals surface area contributed by atoms with Crippen molar-refractivity contribution in [3.05, 3.63) is 11.6 Å². The third-order valence-electron chi connectivity index (χ3n) is 3.36. The molecule has 0 amide bonds. The Balaban J connectivity index is 1.82. The van der Waals surface area contributed by atoms with Gasteiger partial charge in [0.15, 0.2) is 11.6 Å². The Morgan fingerprint density at radius 1 is 1.44 bits per heavy atom. The number of nitrogens with zero attached hydrogens (tertiary/aromatic N) is 3. The smallest absolute Gasteiger partial charge is 0.159 e. The van der Waals surface area contributed by atoms with Crippen LogP contribution in [0.4, 0.5) is 0 Å². The maximum atomic E-state index is 5.41. The van der Waals surface area contributed by atoms with Gasteiger partial charge in [0.1, 0.15) is 6.61 Å². The Bertz CT molecular complexity index is 372. The summed E-state index contributed by atoms with van der Waals surface area (Å²) < 4.78 is 7.64. The summed E-state index contributed by atoms with van der Waals surface area (Å²) in [7, 11) is 0. The van der Waals surface area contributed by atoms with Crippen molar-refractivity contribution < 1.29 is 4.74 Å². The molecule has 88 valence electrons. The van der Waals surface area contributed by atoms with Crippen molar-refractivity contribution in [3.8, 4) is 0 Å². The van der Waals surface area contributed by atoms with Gasteiger partial charge in [-0.3, -0.25) is 0 Å². The fourth-order valence-corrected chi connectivity index (χ4v) is 2.35. The predicted octanol–water partition coefficient (Wildman–Crippen LogP) is 0.869. The summed E-state index contributed by atoms with van der Waals surface area (Å²) in [5.41, 5.74) is 0. The summed E-state index contributed by atoms with van der Waals surface area (Å²) in [6, 6.07) is 0.427. The molecule has 0 aromatic carbocycles. The van der Waals surface area contributed by atoms with Crippen LogP contribution in [-0.2, 0) is 17.9 Å². The van der Waals surface area contributed by atoms with E-state index in [1.165, 1.54) is 12.8 Å². The number of nitrogens with one attached hydrogen (secondary N) is 1. The summed E-state index contributed by atoms with van der Waals surface area (Å²) >= 11 is 0. The monoisotopic (exact) mass is 222 g/mol. The molecule has 5 heteroatoms. The minimum absolute atomic E-state index is 0.427. The Kier molecular flexibility index (Phi) is 2.65. The molecule has 1 unspecified atom stereocenters. The summed E-state index contributed by atoms with van der Waals surface area (Å²) in [6.45, 7) is 5.30. The zero-order chi connectivity index (χ0) is 11.0. The van der Waals surface area contributed by atoms with E-state index in [2.05, 4.69) is 20.1 Å². The Morgan fingerprint density at radius 2 is 2.31 bits per heavy atom. The second-order valence-corrected chi connectivity index (χ2v) is 4.53. The Hall–Kier alpha value is -0.940. The average Bonchev–Trinajstić information content (AvgIpc) is 3.07. The maximum Gasteiger partial charge on any atom is 0.159 e. The molecular weight excluding hydrogens is 204 g/mol. The molecule has 1 atom stereocenters. The third-order valence-corrected chi connectivity index (χ3v) is 3.36. The number of hydrogen-bond acceptors (Lipinski definition) is 4. The molecule has 0 saturated heterocycles. The summed E-state index contributed by atoms with van der Waals surface area (Å²) in [5.74, 6) is 2.87. The van der Waals surface area contributed by atoms with E-state index in [0.717, 1.165) is 37.3 Å². The highest BCUT2D eigenvalue weighted by Gasteiger charge is 2.37. The van der Waals surface area contributed by atoms with E-state index in [1.54, 1.807) is 0 Å². The molecule has 1 aromatic heterocycles. The van der Waals surface area contributed by atoms with Crippen LogP contribution in [0.3, 0.4) is 0 Å².